The average Bonchev–Trinajstić information content (AvgIpc) is 2.90. The van der Waals surface area contributed by atoms with Crippen LogP contribution >= 0.6 is 11.6 Å². The Labute approximate surface area is 127 Å². The highest BCUT2D eigenvalue weighted by atomic mass is 35.5. The molecule has 0 saturated carbocycles. The summed E-state index contributed by atoms with van der Waals surface area (Å²) in [5.41, 5.74) is 1.19. The van der Waals surface area contributed by atoms with E-state index in [1.165, 1.54) is 62.2 Å². The lowest BCUT2D eigenvalue weighted by Gasteiger charge is -2.41. The molecule has 2 heterocycles. The van der Waals surface area contributed by atoms with Crippen LogP contribution in [0.25, 0.3) is 6.08 Å². The van der Waals surface area contributed by atoms with Crippen LogP contribution < -0.4 is 0 Å². The second-order valence-corrected chi connectivity index (χ2v) is 6.64. The quantitative estimate of drug-likeness (QED) is 0.773. The Hall–Kier alpha value is -0.830. The van der Waals surface area contributed by atoms with Crippen molar-refractivity contribution in [2.24, 2.45) is 0 Å². The van der Waals surface area contributed by atoms with E-state index in [-0.39, 0.29) is 0 Å². The molecule has 0 unspecified atom stereocenters. The van der Waals surface area contributed by atoms with Crippen molar-refractivity contribution in [2.75, 3.05) is 45.8 Å². The summed E-state index contributed by atoms with van der Waals surface area (Å²) in [6.07, 6.45) is 7.33. The van der Waals surface area contributed by atoms with Crippen molar-refractivity contribution < 1.29 is 4.48 Å². The summed E-state index contributed by atoms with van der Waals surface area (Å²) in [7, 11) is 0. The van der Waals surface area contributed by atoms with Gasteiger partial charge in [0.15, 0.2) is 0 Å². The molecule has 1 aromatic carbocycles. The van der Waals surface area contributed by atoms with Crippen molar-refractivity contribution >= 4 is 17.7 Å². The molecule has 3 rings (SSSR count). The molecule has 108 valence electrons. The van der Waals surface area contributed by atoms with Crippen molar-refractivity contribution in [2.45, 2.75) is 12.8 Å². The van der Waals surface area contributed by atoms with Crippen LogP contribution in [0.1, 0.15) is 18.4 Å². The van der Waals surface area contributed by atoms with Gasteiger partial charge in [-0.15, -0.1) is 0 Å². The van der Waals surface area contributed by atoms with Crippen molar-refractivity contribution in [3.63, 3.8) is 0 Å². The Morgan fingerprint density at radius 3 is 2.55 bits per heavy atom. The summed E-state index contributed by atoms with van der Waals surface area (Å²) in [5.74, 6) is 0. The first-order chi connectivity index (χ1) is 9.76. The minimum atomic E-state index is 0.811. The highest BCUT2D eigenvalue weighted by molar-refractivity contribution is 6.30. The zero-order chi connectivity index (χ0) is 13.8. The Morgan fingerprint density at radius 2 is 1.85 bits per heavy atom. The lowest BCUT2D eigenvalue weighted by Crippen LogP contribution is -2.57. The maximum Gasteiger partial charge on any atom is 0.0916 e. The third-order valence-electron chi connectivity index (χ3n) is 4.82. The van der Waals surface area contributed by atoms with E-state index in [1.54, 1.807) is 0 Å². The monoisotopic (exact) mass is 291 g/mol. The van der Waals surface area contributed by atoms with Crippen LogP contribution in [0.3, 0.4) is 0 Å². The molecule has 0 aromatic heterocycles. The van der Waals surface area contributed by atoms with Crippen LogP contribution in [0.4, 0.5) is 0 Å². The molecule has 3 heteroatoms. The molecule has 1 spiro atoms. The molecule has 1 aromatic rings. The maximum atomic E-state index is 6.00. The van der Waals surface area contributed by atoms with E-state index < -0.39 is 0 Å². The molecule has 2 saturated heterocycles. The van der Waals surface area contributed by atoms with Gasteiger partial charge in [0.1, 0.15) is 0 Å². The Balaban J connectivity index is 1.48. The van der Waals surface area contributed by atoms with Crippen LogP contribution in [-0.2, 0) is 0 Å². The van der Waals surface area contributed by atoms with E-state index in [9.17, 15) is 0 Å². The van der Waals surface area contributed by atoms with Gasteiger partial charge < -0.3 is 4.48 Å². The van der Waals surface area contributed by atoms with Crippen LogP contribution in [0.15, 0.2) is 30.3 Å². The Morgan fingerprint density at radius 1 is 1.10 bits per heavy atom. The standard InChI is InChI=1S/C17H24ClN2/c18-17-7-3-5-16(15-17)6-4-8-19-9-13-20(14-10-19)11-1-2-12-20/h3-7,15H,1-2,8-14H2/q+1/b6-4+. The van der Waals surface area contributed by atoms with E-state index in [0.717, 1.165) is 11.6 Å². The normalized spacial score (nSPS) is 22.9. The third-order valence-corrected chi connectivity index (χ3v) is 5.05. The van der Waals surface area contributed by atoms with Crippen LogP contribution in [0.5, 0.6) is 0 Å². The molecular weight excluding hydrogens is 268 g/mol. The van der Waals surface area contributed by atoms with Crippen molar-refractivity contribution in [3.05, 3.63) is 40.9 Å². The average molecular weight is 292 g/mol. The van der Waals surface area contributed by atoms with E-state index >= 15 is 0 Å². The molecule has 0 atom stereocenters. The van der Waals surface area contributed by atoms with Gasteiger partial charge in [0, 0.05) is 37.5 Å². The van der Waals surface area contributed by atoms with Gasteiger partial charge in [0.05, 0.1) is 26.2 Å². The van der Waals surface area contributed by atoms with Gasteiger partial charge in [-0.05, 0) is 17.7 Å². The summed E-state index contributed by atoms with van der Waals surface area (Å²) >= 11 is 6.00. The highest BCUT2D eigenvalue weighted by Gasteiger charge is 2.35. The number of benzene rings is 1. The fraction of sp³-hybridized carbons (Fsp3) is 0.529. The fourth-order valence-corrected chi connectivity index (χ4v) is 3.71. The smallest absolute Gasteiger partial charge is 0.0916 e. The van der Waals surface area contributed by atoms with Gasteiger partial charge in [0.25, 0.3) is 0 Å². The summed E-state index contributed by atoms with van der Waals surface area (Å²) in [6.45, 7) is 9.11. The van der Waals surface area contributed by atoms with Gasteiger partial charge in [0.2, 0.25) is 0 Å². The zero-order valence-electron chi connectivity index (χ0n) is 12.1. The number of hydrogen-bond acceptors (Lipinski definition) is 1. The van der Waals surface area contributed by atoms with Crippen LogP contribution in [0.2, 0.25) is 5.02 Å². The van der Waals surface area contributed by atoms with Crippen molar-refractivity contribution in [3.8, 4) is 0 Å². The second-order valence-electron chi connectivity index (χ2n) is 6.20. The van der Waals surface area contributed by atoms with Crippen LogP contribution in [0, 0.1) is 0 Å². The van der Waals surface area contributed by atoms with E-state index in [4.69, 9.17) is 11.6 Å². The topological polar surface area (TPSA) is 3.24 Å². The minimum Gasteiger partial charge on any atom is -0.321 e. The first kappa shape index (κ1) is 14.1. The van der Waals surface area contributed by atoms with E-state index in [1.807, 2.05) is 18.2 Å². The summed E-state index contributed by atoms with van der Waals surface area (Å²) < 4.78 is 1.40. The van der Waals surface area contributed by atoms with Gasteiger partial charge in [-0.25, -0.2) is 0 Å². The van der Waals surface area contributed by atoms with Crippen LogP contribution in [-0.4, -0.2) is 55.2 Å². The largest absolute Gasteiger partial charge is 0.321 e. The number of hydrogen-bond donors (Lipinski definition) is 0. The Bertz CT molecular complexity index is 468. The first-order valence-corrected chi connectivity index (χ1v) is 8.13. The number of quaternary nitrogens is 1. The maximum absolute atomic E-state index is 6.00. The number of rotatable bonds is 3. The Kier molecular flexibility index (Phi) is 4.45. The summed E-state index contributed by atoms with van der Waals surface area (Å²) in [6, 6.07) is 8.04. The van der Waals surface area contributed by atoms with E-state index in [2.05, 4.69) is 23.1 Å². The molecule has 2 nitrogen and oxygen atoms in total. The first-order valence-electron chi connectivity index (χ1n) is 7.75. The fourth-order valence-electron chi connectivity index (χ4n) is 3.51. The molecule has 0 N–H and O–H groups in total. The van der Waals surface area contributed by atoms with Gasteiger partial charge in [-0.1, -0.05) is 35.9 Å². The SMILES string of the molecule is Clc1cccc(/C=C/CN2CC[N+]3(CCCC3)CC2)c1. The molecular formula is C17H24ClN2+. The lowest BCUT2D eigenvalue weighted by molar-refractivity contribution is -0.920. The molecule has 0 aliphatic carbocycles. The van der Waals surface area contributed by atoms with Gasteiger partial charge in [-0.3, -0.25) is 4.90 Å². The highest BCUT2D eigenvalue weighted by Crippen LogP contribution is 2.22. The van der Waals surface area contributed by atoms with Gasteiger partial charge in [-0.2, -0.15) is 0 Å². The predicted molar refractivity (Wildman–Crippen MR) is 85.9 cm³/mol. The molecule has 0 amide bonds. The zero-order valence-corrected chi connectivity index (χ0v) is 12.9. The molecule has 0 radical (unpaired) electrons. The number of halogens is 1. The van der Waals surface area contributed by atoms with Gasteiger partial charge >= 0.3 is 0 Å². The molecule has 2 aliphatic heterocycles. The minimum absolute atomic E-state index is 0.811. The summed E-state index contributed by atoms with van der Waals surface area (Å²) in [5, 5.41) is 0.811. The van der Waals surface area contributed by atoms with E-state index in [0.29, 0.717) is 0 Å². The second kappa shape index (κ2) is 6.30. The third kappa shape index (κ3) is 3.43. The summed E-state index contributed by atoms with van der Waals surface area (Å²) in [4.78, 5) is 2.57. The van der Waals surface area contributed by atoms with Crippen molar-refractivity contribution in [1.29, 1.82) is 0 Å². The molecule has 2 aliphatic rings. The lowest BCUT2D eigenvalue weighted by atomic mass is 10.2. The molecule has 20 heavy (non-hydrogen) atoms. The molecule has 2 fully saturated rings. The number of piperazine rings is 1. The predicted octanol–water partition coefficient (Wildman–Crippen LogP) is 3.28. The number of nitrogens with zero attached hydrogens (tertiary/aromatic N) is 2. The molecule has 0 bridgehead atoms. The van der Waals surface area contributed by atoms with Crippen molar-refractivity contribution in [1.82, 2.24) is 4.90 Å².